The van der Waals surface area contributed by atoms with Gasteiger partial charge in [-0.25, -0.2) is 17.9 Å². The third-order valence-electron chi connectivity index (χ3n) is 6.96. The number of benzene rings is 1. The van der Waals surface area contributed by atoms with Crippen molar-refractivity contribution >= 4 is 5.97 Å². The summed E-state index contributed by atoms with van der Waals surface area (Å²) < 4.78 is 89.9. The lowest BCUT2D eigenvalue weighted by Crippen LogP contribution is -2.26. The van der Waals surface area contributed by atoms with E-state index in [9.17, 15) is 23.1 Å². The van der Waals surface area contributed by atoms with Gasteiger partial charge in [-0.3, -0.25) is 9.69 Å². The summed E-state index contributed by atoms with van der Waals surface area (Å²) >= 11 is 0. The van der Waals surface area contributed by atoms with Gasteiger partial charge in [0.1, 0.15) is 11.5 Å². The number of esters is 1. The first-order chi connectivity index (χ1) is 24.4. The van der Waals surface area contributed by atoms with E-state index in [0.29, 0.717) is 110 Å². The first kappa shape index (κ1) is 41.6. The average molecular weight is 723 g/mol. The number of halogens is 3. The number of likely N-dealkylation sites (tertiary alicyclic amines) is 1. The molecule has 0 amide bonds. The number of aromatic nitrogens is 3. The quantitative estimate of drug-likeness (QED) is 0.0702. The standard InChI is InChI=1S/C32H49F3N4O11/c33-26-21-29(34)32(30(35)22-26)50-31(41)2-6-42-9-12-45-15-16-47-14-11-44-8-5-39-23-27(36-37-39)25-49-20-19-48-18-17-46-13-10-43-7-4-38-3-1-28(40)24-38/h21-23,28,40H,1-20,24-25H2/t28-/m0/s1. The second-order valence-corrected chi connectivity index (χ2v) is 11.0. The van der Waals surface area contributed by atoms with E-state index in [2.05, 4.69) is 19.9 Å². The van der Waals surface area contributed by atoms with Crippen molar-refractivity contribution in [2.24, 2.45) is 0 Å². The van der Waals surface area contributed by atoms with Gasteiger partial charge in [0.15, 0.2) is 11.6 Å². The molecule has 50 heavy (non-hydrogen) atoms. The Balaban J connectivity index is 1.01. The summed E-state index contributed by atoms with van der Waals surface area (Å²) in [6.07, 6.45) is 2.19. The maximum absolute atomic E-state index is 13.5. The van der Waals surface area contributed by atoms with E-state index in [-0.39, 0.29) is 32.3 Å². The number of carbonyl (C=O) groups excluding carboxylic acids is 1. The molecule has 15 nitrogen and oxygen atoms in total. The van der Waals surface area contributed by atoms with E-state index in [0.717, 1.165) is 26.1 Å². The van der Waals surface area contributed by atoms with E-state index in [1.54, 1.807) is 10.9 Å². The van der Waals surface area contributed by atoms with Crippen LogP contribution in [0.1, 0.15) is 18.5 Å². The molecular formula is C32H49F3N4O11. The van der Waals surface area contributed by atoms with Gasteiger partial charge in [0.25, 0.3) is 0 Å². The third-order valence-corrected chi connectivity index (χ3v) is 6.96. The van der Waals surface area contributed by atoms with Crippen molar-refractivity contribution in [2.45, 2.75) is 32.1 Å². The van der Waals surface area contributed by atoms with E-state index in [1.807, 2.05) is 0 Å². The summed E-state index contributed by atoms with van der Waals surface area (Å²) in [7, 11) is 0. The molecule has 1 aromatic heterocycles. The molecule has 0 bridgehead atoms. The van der Waals surface area contributed by atoms with Crippen LogP contribution in [0.25, 0.3) is 0 Å². The highest BCUT2D eigenvalue weighted by molar-refractivity contribution is 5.72. The van der Waals surface area contributed by atoms with Crippen LogP contribution in [-0.4, -0.2) is 156 Å². The van der Waals surface area contributed by atoms with Gasteiger partial charge in [-0.15, -0.1) is 5.10 Å². The molecule has 1 N–H and O–H groups in total. The fourth-order valence-corrected chi connectivity index (χ4v) is 4.43. The summed E-state index contributed by atoms with van der Waals surface area (Å²) in [5.74, 6) is -5.57. The van der Waals surface area contributed by atoms with Gasteiger partial charge in [-0.05, 0) is 6.42 Å². The SMILES string of the molecule is O=C(CCOCCOCCOCCOCCn1cc(COCCOCCOCCOCCN2CC[C@H](O)C2)nn1)Oc1c(F)cc(F)cc1F. The van der Waals surface area contributed by atoms with Gasteiger partial charge in [0.2, 0.25) is 5.75 Å². The smallest absolute Gasteiger partial charge is 0.313 e. The second-order valence-electron chi connectivity index (χ2n) is 11.0. The van der Waals surface area contributed by atoms with E-state index in [4.69, 9.17) is 37.9 Å². The molecule has 284 valence electrons. The Bertz CT molecular complexity index is 1180. The molecule has 1 fully saturated rings. The summed E-state index contributed by atoms with van der Waals surface area (Å²) in [6.45, 7) is 9.21. The van der Waals surface area contributed by atoms with Gasteiger partial charge in [0, 0.05) is 31.8 Å². The fourth-order valence-electron chi connectivity index (χ4n) is 4.43. The van der Waals surface area contributed by atoms with E-state index < -0.39 is 29.2 Å². The highest BCUT2D eigenvalue weighted by Crippen LogP contribution is 2.23. The predicted molar refractivity (Wildman–Crippen MR) is 169 cm³/mol. The zero-order valence-corrected chi connectivity index (χ0v) is 28.3. The molecular weight excluding hydrogens is 673 g/mol. The van der Waals surface area contributed by atoms with E-state index >= 15 is 0 Å². The minimum atomic E-state index is -1.30. The summed E-state index contributed by atoms with van der Waals surface area (Å²) in [4.78, 5) is 13.9. The van der Waals surface area contributed by atoms with Crippen molar-refractivity contribution in [3.63, 3.8) is 0 Å². The van der Waals surface area contributed by atoms with Crippen LogP contribution in [0.2, 0.25) is 0 Å². The normalized spacial score (nSPS) is 14.9. The number of nitrogens with zero attached hydrogens (tertiary/aromatic N) is 4. The molecule has 1 atom stereocenters. The topological polar surface area (TPSA) is 154 Å². The Morgan fingerprint density at radius 2 is 1.22 bits per heavy atom. The number of hydrogen-bond donors (Lipinski definition) is 1. The molecule has 0 spiro atoms. The molecule has 2 heterocycles. The molecule has 1 aliphatic heterocycles. The lowest BCUT2D eigenvalue weighted by atomic mass is 10.3. The Morgan fingerprint density at radius 3 is 1.76 bits per heavy atom. The van der Waals surface area contributed by atoms with Crippen LogP contribution in [0.4, 0.5) is 13.2 Å². The Kier molecular flexibility index (Phi) is 21.7. The van der Waals surface area contributed by atoms with Crippen LogP contribution in [-0.2, 0) is 55.8 Å². The van der Waals surface area contributed by atoms with Crippen molar-refractivity contribution < 1.29 is 65.7 Å². The first-order valence-corrected chi connectivity index (χ1v) is 16.7. The van der Waals surface area contributed by atoms with Crippen molar-refractivity contribution in [3.8, 4) is 5.75 Å². The Labute approximate surface area is 289 Å². The molecule has 3 rings (SSSR count). The minimum Gasteiger partial charge on any atom is -0.420 e. The monoisotopic (exact) mass is 722 g/mol. The summed E-state index contributed by atoms with van der Waals surface area (Å²) in [6, 6.07) is 0.850. The van der Waals surface area contributed by atoms with Crippen LogP contribution >= 0.6 is 0 Å². The van der Waals surface area contributed by atoms with Gasteiger partial charge in [-0.2, -0.15) is 0 Å². The van der Waals surface area contributed by atoms with Crippen LogP contribution < -0.4 is 4.74 Å². The maximum Gasteiger partial charge on any atom is 0.313 e. The Hall–Kier alpha value is -2.78. The number of β-amino-alcohol motifs (C(OH)–C–C–N with tert-alkyl or cyclic N) is 1. The van der Waals surface area contributed by atoms with Crippen LogP contribution in [0, 0.1) is 17.5 Å². The molecule has 2 aromatic rings. The number of hydrogen-bond acceptors (Lipinski definition) is 14. The number of aliphatic hydroxyl groups is 1. The van der Waals surface area contributed by atoms with Crippen LogP contribution in [0.3, 0.4) is 0 Å². The van der Waals surface area contributed by atoms with Gasteiger partial charge < -0.3 is 47.7 Å². The highest BCUT2D eigenvalue weighted by atomic mass is 19.1. The largest absolute Gasteiger partial charge is 0.420 e. The molecule has 1 aromatic carbocycles. The van der Waals surface area contributed by atoms with Gasteiger partial charge in [-0.1, -0.05) is 5.21 Å². The average Bonchev–Trinajstić information content (AvgIpc) is 3.73. The zero-order valence-electron chi connectivity index (χ0n) is 28.3. The summed E-state index contributed by atoms with van der Waals surface area (Å²) in [5, 5.41) is 17.6. The highest BCUT2D eigenvalue weighted by Gasteiger charge is 2.19. The molecule has 0 radical (unpaired) electrons. The molecule has 1 saturated heterocycles. The maximum atomic E-state index is 13.5. The number of rotatable bonds is 30. The molecule has 0 aliphatic carbocycles. The van der Waals surface area contributed by atoms with Gasteiger partial charge in [0.05, 0.1) is 131 Å². The first-order valence-electron chi connectivity index (χ1n) is 16.7. The minimum absolute atomic E-state index is 0.0389. The van der Waals surface area contributed by atoms with Gasteiger partial charge >= 0.3 is 5.97 Å². The van der Waals surface area contributed by atoms with Crippen molar-refractivity contribution in [1.82, 2.24) is 19.9 Å². The Morgan fingerprint density at radius 1 is 0.720 bits per heavy atom. The number of carbonyl (C=O) groups is 1. The third kappa shape index (κ3) is 19.0. The molecule has 1 aliphatic rings. The molecule has 0 saturated carbocycles. The van der Waals surface area contributed by atoms with Crippen molar-refractivity contribution in [2.75, 3.05) is 119 Å². The summed E-state index contributed by atoms with van der Waals surface area (Å²) in [5.41, 5.74) is 0.709. The fraction of sp³-hybridized carbons (Fsp3) is 0.719. The van der Waals surface area contributed by atoms with Crippen LogP contribution in [0.15, 0.2) is 18.3 Å². The van der Waals surface area contributed by atoms with E-state index in [1.165, 1.54) is 0 Å². The predicted octanol–water partition coefficient (Wildman–Crippen LogP) is 1.39. The lowest BCUT2D eigenvalue weighted by Gasteiger charge is -2.14. The second kappa shape index (κ2) is 26.1. The van der Waals surface area contributed by atoms with Crippen molar-refractivity contribution in [1.29, 1.82) is 0 Å². The van der Waals surface area contributed by atoms with Crippen LogP contribution in [0.5, 0.6) is 5.75 Å². The number of aliphatic hydroxyl groups excluding tert-OH is 1. The molecule has 0 unspecified atom stereocenters. The number of ether oxygens (including phenoxy) is 9. The molecule has 18 heteroatoms. The lowest BCUT2D eigenvalue weighted by molar-refractivity contribution is -0.136. The zero-order chi connectivity index (χ0) is 35.7. The van der Waals surface area contributed by atoms with Crippen molar-refractivity contribution in [3.05, 3.63) is 41.5 Å².